The average Bonchev–Trinajstić information content (AvgIpc) is 2.61. The van der Waals surface area contributed by atoms with E-state index in [1.165, 1.54) is 11.3 Å². The molecule has 0 saturated heterocycles. The van der Waals surface area contributed by atoms with Crippen molar-refractivity contribution >= 4 is 11.8 Å². The molecule has 0 fully saturated rings. The van der Waals surface area contributed by atoms with Gasteiger partial charge in [0.1, 0.15) is 0 Å². The lowest BCUT2D eigenvalue weighted by molar-refractivity contribution is 0.237. The molecular weight excluding hydrogens is 312 g/mol. The highest BCUT2D eigenvalue weighted by atomic mass is 32.2. The summed E-state index contributed by atoms with van der Waals surface area (Å²) >= 11 is 1.58. The van der Waals surface area contributed by atoms with Crippen LogP contribution in [0.1, 0.15) is 16.8 Å². The fourth-order valence-electron chi connectivity index (χ4n) is 2.69. The predicted octanol–water partition coefficient (Wildman–Crippen LogP) is 2.17. The molecule has 0 saturated carbocycles. The van der Waals surface area contributed by atoms with Gasteiger partial charge in [-0.25, -0.2) is 9.97 Å². The van der Waals surface area contributed by atoms with Crippen LogP contribution in [0, 0.1) is 0 Å². The molecule has 3 heterocycles. The fraction of sp³-hybridized carbons (Fsp3) is 0.438. The molecule has 0 aromatic carbocycles. The van der Waals surface area contributed by atoms with Crippen molar-refractivity contribution in [2.45, 2.75) is 24.7 Å². The molecule has 0 atom stereocenters. The lowest BCUT2D eigenvalue weighted by Crippen LogP contribution is -2.31. The zero-order chi connectivity index (χ0) is 16.2. The number of thioether (sulfide) groups is 1. The zero-order valence-corrected chi connectivity index (χ0v) is 14.4. The lowest BCUT2D eigenvalue weighted by Gasteiger charge is -2.28. The summed E-state index contributed by atoms with van der Waals surface area (Å²) in [4.78, 5) is 15.7. The summed E-state index contributed by atoms with van der Waals surface area (Å²) < 4.78 is 10.5. The van der Waals surface area contributed by atoms with Crippen LogP contribution in [-0.2, 0) is 19.5 Å². The Kier molecular flexibility index (Phi) is 4.97. The first-order chi connectivity index (χ1) is 11.2. The third kappa shape index (κ3) is 3.56. The second kappa shape index (κ2) is 7.14. The minimum atomic E-state index is 0.563. The summed E-state index contributed by atoms with van der Waals surface area (Å²) in [6, 6.07) is 3.87. The van der Waals surface area contributed by atoms with Gasteiger partial charge in [0.25, 0.3) is 0 Å². The van der Waals surface area contributed by atoms with Crippen LogP contribution in [0.25, 0.3) is 0 Å². The van der Waals surface area contributed by atoms with Crippen LogP contribution in [0.3, 0.4) is 0 Å². The summed E-state index contributed by atoms with van der Waals surface area (Å²) in [7, 11) is 3.24. The van der Waals surface area contributed by atoms with E-state index in [0.29, 0.717) is 11.8 Å². The van der Waals surface area contributed by atoms with Crippen molar-refractivity contribution in [3.05, 3.63) is 35.2 Å². The van der Waals surface area contributed by atoms with Crippen LogP contribution in [0.15, 0.2) is 23.5 Å². The highest BCUT2D eigenvalue weighted by Gasteiger charge is 2.20. The van der Waals surface area contributed by atoms with E-state index in [2.05, 4.69) is 19.9 Å². The number of pyridine rings is 1. The molecule has 0 unspecified atom stereocenters. The van der Waals surface area contributed by atoms with E-state index in [0.717, 1.165) is 36.8 Å². The Morgan fingerprint density at radius 1 is 1.22 bits per heavy atom. The van der Waals surface area contributed by atoms with Crippen molar-refractivity contribution in [2.75, 3.05) is 27.0 Å². The van der Waals surface area contributed by atoms with Crippen LogP contribution in [0.2, 0.25) is 0 Å². The Morgan fingerprint density at radius 2 is 2.09 bits per heavy atom. The summed E-state index contributed by atoms with van der Waals surface area (Å²) in [5, 5.41) is 0.846. The quantitative estimate of drug-likeness (QED) is 0.614. The molecule has 6 nitrogen and oxygen atoms in total. The molecule has 2 aromatic heterocycles. The van der Waals surface area contributed by atoms with Gasteiger partial charge in [-0.15, -0.1) is 0 Å². The van der Waals surface area contributed by atoms with Crippen LogP contribution in [0.5, 0.6) is 11.8 Å². The highest BCUT2D eigenvalue weighted by molar-refractivity contribution is 7.98. The van der Waals surface area contributed by atoms with E-state index in [9.17, 15) is 0 Å². The van der Waals surface area contributed by atoms with Crippen molar-refractivity contribution in [1.29, 1.82) is 0 Å². The molecule has 23 heavy (non-hydrogen) atoms. The fourth-order valence-corrected chi connectivity index (χ4v) is 3.05. The summed E-state index contributed by atoms with van der Waals surface area (Å²) in [6.07, 6.45) is 4.89. The second-order valence-electron chi connectivity index (χ2n) is 5.31. The predicted molar refractivity (Wildman–Crippen MR) is 89.0 cm³/mol. The Hall–Kier alpha value is -1.86. The van der Waals surface area contributed by atoms with E-state index in [1.54, 1.807) is 26.0 Å². The van der Waals surface area contributed by atoms with Gasteiger partial charge in [-0.1, -0.05) is 11.8 Å². The Balaban J connectivity index is 1.74. The van der Waals surface area contributed by atoms with Gasteiger partial charge in [0.2, 0.25) is 11.8 Å². The standard InChI is InChI=1S/C16H20N4O2S/c1-21-14-5-4-11(15(19-14)22-2)9-20-7-6-13-12(10-20)8-17-16(18-13)23-3/h4-5,8H,6-7,9-10H2,1-3H3. The molecule has 0 amide bonds. The maximum Gasteiger partial charge on any atom is 0.220 e. The number of methoxy groups -OCH3 is 2. The number of rotatable bonds is 5. The van der Waals surface area contributed by atoms with Gasteiger partial charge < -0.3 is 9.47 Å². The third-order valence-corrected chi connectivity index (χ3v) is 4.45. The van der Waals surface area contributed by atoms with Crippen LogP contribution in [0.4, 0.5) is 0 Å². The van der Waals surface area contributed by atoms with Crippen LogP contribution < -0.4 is 9.47 Å². The largest absolute Gasteiger partial charge is 0.481 e. The van der Waals surface area contributed by atoms with E-state index in [-0.39, 0.29) is 0 Å². The number of hydrogen-bond acceptors (Lipinski definition) is 7. The van der Waals surface area contributed by atoms with Gasteiger partial charge in [-0.3, -0.25) is 4.90 Å². The Labute approximate surface area is 140 Å². The van der Waals surface area contributed by atoms with Gasteiger partial charge in [0.05, 0.1) is 19.9 Å². The van der Waals surface area contributed by atoms with Gasteiger partial charge in [-0.05, 0) is 12.3 Å². The molecule has 0 N–H and O–H groups in total. The van der Waals surface area contributed by atoms with Crippen molar-refractivity contribution in [1.82, 2.24) is 19.9 Å². The first-order valence-corrected chi connectivity index (χ1v) is 8.65. The highest BCUT2D eigenvalue weighted by Crippen LogP contribution is 2.25. The van der Waals surface area contributed by atoms with Crippen LogP contribution >= 0.6 is 11.8 Å². The Bertz CT molecular complexity index is 696. The number of hydrogen-bond donors (Lipinski definition) is 0. The topological polar surface area (TPSA) is 60.4 Å². The molecule has 1 aliphatic heterocycles. The van der Waals surface area contributed by atoms with Crippen molar-refractivity contribution in [3.8, 4) is 11.8 Å². The maximum atomic E-state index is 5.38. The third-order valence-electron chi connectivity index (χ3n) is 3.88. The molecule has 3 rings (SSSR count). The molecular formula is C16H20N4O2S. The zero-order valence-electron chi connectivity index (χ0n) is 13.6. The molecule has 0 bridgehead atoms. The molecule has 1 aliphatic rings. The summed E-state index contributed by atoms with van der Waals surface area (Å²) in [6.45, 7) is 2.59. The van der Waals surface area contributed by atoms with Crippen molar-refractivity contribution < 1.29 is 9.47 Å². The second-order valence-corrected chi connectivity index (χ2v) is 6.08. The lowest BCUT2D eigenvalue weighted by atomic mass is 10.1. The van der Waals surface area contributed by atoms with Gasteiger partial charge in [0, 0.05) is 49.4 Å². The minimum Gasteiger partial charge on any atom is -0.481 e. The minimum absolute atomic E-state index is 0.563. The first-order valence-electron chi connectivity index (χ1n) is 7.42. The number of nitrogens with zero attached hydrogens (tertiary/aromatic N) is 4. The summed E-state index contributed by atoms with van der Waals surface area (Å²) in [5.74, 6) is 1.18. The maximum absolute atomic E-state index is 5.38. The Morgan fingerprint density at radius 3 is 2.83 bits per heavy atom. The van der Waals surface area contributed by atoms with E-state index >= 15 is 0 Å². The smallest absolute Gasteiger partial charge is 0.220 e. The van der Waals surface area contributed by atoms with Crippen molar-refractivity contribution in [2.24, 2.45) is 0 Å². The van der Waals surface area contributed by atoms with E-state index < -0.39 is 0 Å². The van der Waals surface area contributed by atoms with Gasteiger partial charge in [-0.2, -0.15) is 4.98 Å². The average molecular weight is 332 g/mol. The molecule has 7 heteroatoms. The molecule has 2 aromatic rings. The van der Waals surface area contributed by atoms with Gasteiger partial charge in [0.15, 0.2) is 5.16 Å². The SMILES string of the molecule is COc1ccc(CN2CCc3nc(SC)ncc3C2)c(OC)n1. The molecule has 0 aliphatic carbocycles. The van der Waals surface area contributed by atoms with E-state index in [1.807, 2.05) is 24.6 Å². The normalized spacial score (nSPS) is 14.4. The van der Waals surface area contributed by atoms with Gasteiger partial charge >= 0.3 is 0 Å². The first kappa shape index (κ1) is 16.0. The molecule has 0 radical (unpaired) electrons. The van der Waals surface area contributed by atoms with E-state index in [4.69, 9.17) is 9.47 Å². The van der Waals surface area contributed by atoms with Crippen LogP contribution in [-0.4, -0.2) is 46.9 Å². The summed E-state index contributed by atoms with van der Waals surface area (Å²) in [5.41, 5.74) is 3.42. The van der Waals surface area contributed by atoms with Crippen molar-refractivity contribution in [3.63, 3.8) is 0 Å². The number of ether oxygens (including phenoxy) is 2. The molecule has 0 spiro atoms. The molecule has 122 valence electrons. The monoisotopic (exact) mass is 332 g/mol. The number of aromatic nitrogens is 3. The number of fused-ring (bicyclic) bond motifs is 1.